The van der Waals surface area contributed by atoms with Crippen LogP contribution in [0.1, 0.15) is 35.7 Å². The number of hydrogen-bond donors (Lipinski definition) is 5. The molecule has 2 aromatic rings. The highest BCUT2D eigenvalue weighted by Crippen LogP contribution is 2.21. The van der Waals surface area contributed by atoms with Crippen molar-refractivity contribution in [1.29, 1.82) is 0 Å². The molecule has 3 rings (SSSR count). The molecule has 0 saturated carbocycles. The van der Waals surface area contributed by atoms with Gasteiger partial charge in [0, 0.05) is 31.3 Å². The van der Waals surface area contributed by atoms with E-state index in [2.05, 4.69) is 34.9 Å². The second-order valence-electron chi connectivity index (χ2n) is 7.83. The van der Waals surface area contributed by atoms with Crippen LogP contribution in [0, 0.1) is 0 Å². The van der Waals surface area contributed by atoms with Crippen molar-refractivity contribution >= 4 is 11.8 Å². The first kappa shape index (κ1) is 22.9. The van der Waals surface area contributed by atoms with E-state index < -0.39 is 23.9 Å². The SMILES string of the molecule is C[C@@H](N)[C@H](NC(=O)c1ccc(-c2ccc(CNCC3CCCO3)cc2)cc1)C(=O)NO. The van der Waals surface area contributed by atoms with Crippen LogP contribution in [0.25, 0.3) is 11.1 Å². The fourth-order valence-corrected chi connectivity index (χ4v) is 3.54. The minimum Gasteiger partial charge on any atom is -0.377 e. The number of carbonyl (C=O) groups is 2. The third kappa shape index (κ3) is 6.35. The molecule has 166 valence electrons. The monoisotopic (exact) mass is 426 g/mol. The number of nitrogens with two attached hydrogens (primary N) is 1. The summed E-state index contributed by atoms with van der Waals surface area (Å²) >= 11 is 0. The second-order valence-corrected chi connectivity index (χ2v) is 7.83. The number of nitrogens with one attached hydrogen (secondary N) is 3. The Morgan fingerprint density at radius 1 is 1.13 bits per heavy atom. The molecule has 1 unspecified atom stereocenters. The van der Waals surface area contributed by atoms with Gasteiger partial charge in [-0.1, -0.05) is 36.4 Å². The Morgan fingerprint density at radius 3 is 2.32 bits per heavy atom. The molecule has 0 aliphatic carbocycles. The third-order valence-corrected chi connectivity index (χ3v) is 5.36. The molecule has 2 amide bonds. The van der Waals surface area contributed by atoms with Crippen LogP contribution in [0.4, 0.5) is 0 Å². The van der Waals surface area contributed by atoms with Gasteiger partial charge in [0.2, 0.25) is 0 Å². The Balaban J connectivity index is 1.56. The minimum atomic E-state index is -1.03. The molecular formula is C23H30N4O4. The molecule has 1 aliphatic rings. The molecule has 0 spiro atoms. The van der Waals surface area contributed by atoms with Gasteiger partial charge in [0.05, 0.1) is 6.10 Å². The first-order chi connectivity index (χ1) is 15.0. The van der Waals surface area contributed by atoms with Crippen LogP contribution < -0.4 is 21.8 Å². The first-order valence-electron chi connectivity index (χ1n) is 10.5. The van der Waals surface area contributed by atoms with Gasteiger partial charge in [-0.2, -0.15) is 0 Å². The van der Waals surface area contributed by atoms with Gasteiger partial charge in [-0.3, -0.25) is 14.8 Å². The smallest absolute Gasteiger partial charge is 0.267 e. The standard InChI is InChI=1S/C23H30N4O4/c1-15(24)21(23(29)27-30)26-22(28)19-10-8-18(9-11-19)17-6-4-16(5-7-17)13-25-14-20-3-2-12-31-20/h4-11,15,20-21,25,30H,2-3,12-14,24H2,1H3,(H,26,28)(H,27,29)/t15-,20?,21+/m1/s1. The summed E-state index contributed by atoms with van der Waals surface area (Å²) in [6, 6.07) is 13.7. The van der Waals surface area contributed by atoms with E-state index in [1.54, 1.807) is 19.1 Å². The number of amides is 2. The molecule has 0 bridgehead atoms. The quantitative estimate of drug-likeness (QED) is 0.306. The molecule has 6 N–H and O–H groups in total. The summed E-state index contributed by atoms with van der Waals surface area (Å²) in [5.41, 5.74) is 10.9. The lowest BCUT2D eigenvalue weighted by Gasteiger charge is -2.20. The highest BCUT2D eigenvalue weighted by Gasteiger charge is 2.24. The lowest BCUT2D eigenvalue weighted by Crippen LogP contribution is -2.54. The predicted molar refractivity (Wildman–Crippen MR) is 117 cm³/mol. The van der Waals surface area contributed by atoms with Gasteiger partial charge in [-0.15, -0.1) is 0 Å². The summed E-state index contributed by atoms with van der Waals surface area (Å²) in [4.78, 5) is 24.1. The minimum absolute atomic E-state index is 0.330. The average Bonchev–Trinajstić information content (AvgIpc) is 3.31. The molecule has 1 saturated heterocycles. The first-order valence-corrected chi connectivity index (χ1v) is 10.5. The van der Waals surface area contributed by atoms with Crippen molar-refractivity contribution in [2.75, 3.05) is 13.2 Å². The molecule has 8 heteroatoms. The third-order valence-electron chi connectivity index (χ3n) is 5.36. The van der Waals surface area contributed by atoms with Crippen molar-refractivity contribution in [2.24, 2.45) is 5.73 Å². The number of carbonyl (C=O) groups excluding carboxylic acids is 2. The van der Waals surface area contributed by atoms with E-state index in [9.17, 15) is 9.59 Å². The van der Waals surface area contributed by atoms with Gasteiger partial charge in [0.25, 0.3) is 11.8 Å². The van der Waals surface area contributed by atoms with Gasteiger partial charge in [0.15, 0.2) is 0 Å². The van der Waals surface area contributed by atoms with Crippen LogP contribution in [0.15, 0.2) is 48.5 Å². The van der Waals surface area contributed by atoms with E-state index in [1.807, 2.05) is 12.1 Å². The van der Waals surface area contributed by atoms with Crippen LogP contribution in [0.5, 0.6) is 0 Å². The molecule has 0 aromatic heterocycles. The Bertz CT molecular complexity index is 862. The van der Waals surface area contributed by atoms with E-state index in [4.69, 9.17) is 15.7 Å². The van der Waals surface area contributed by atoms with Crippen molar-refractivity contribution in [1.82, 2.24) is 16.1 Å². The fourth-order valence-electron chi connectivity index (χ4n) is 3.54. The van der Waals surface area contributed by atoms with Gasteiger partial charge in [0.1, 0.15) is 6.04 Å². The van der Waals surface area contributed by atoms with Crippen molar-refractivity contribution in [3.63, 3.8) is 0 Å². The number of hydroxylamine groups is 1. The average molecular weight is 427 g/mol. The maximum absolute atomic E-state index is 12.4. The largest absolute Gasteiger partial charge is 0.377 e. The molecule has 31 heavy (non-hydrogen) atoms. The number of rotatable bonds is 9. The fraction of sp³-hybridized carbons (Fsp3) is 0.391. The van der Waals surface area contributed by atoms with E-state index in [0.29, 0.717) is 11.7 Å². The Hall–Kier alpha value is -2.78. The summed E-state index contributed by atoms with van der Waals surface area (Å²) in [6.07, 6.45) is 2.60. The molecule has 0 radical (unpaired) electrons. The lowest BCUT2D eigenvalue weighted by molar-refractivity contribution is -0.131. The number of ether oxygens (including phenoxy) is 1. The topological polar surface area (TPSA) is 126 Å². The van der Waals surface area contributed by atoms with Crippen LogP contribution in [-0.2, 0) is 16.1 Å². The van der Waals surface area contributed by atoms with Crippen LogP contribution >= 0.6 is 0 Å². The van der Waals surface area contributed by atoms with Crippen molar-refractivity contribution < 1.29 is 19.5 Å². The maximum atomic E-state index is 12.4. The van der Waals surface area contributed by atoms with E-state index in [1.165, 1.54) is 11.0 Å². The van der Waals surface area contributed by atoms with Gasteiger partial charge < -0.3 is 21.1 Å². The Labute approximate surface area is 182 Å². The second kappa shape index (κ2) is 11.0. The summed E-state index contributed by atoms with van der Waals surface area (Å²) in [5.74, 6) is -1.20. The zero-order valence-corrected chi connectivity index (χ0v) is 17.6. The van der Waals surface area contributed by atoms with Crippen molar-refractivity contribution in [3.8, 4) is 11.1 Å². The summed E-state index contributed by atoms with van der Waals surface area (Å²) in [5, 5.41) is 14.8. The number of hydrogen-bond acceptors (Lipinski definition) is 6. The summed E-state index contributed by atoms with van der Waals surface area (Å²) < 4.78 is 5.62. The highest BCUT2D eigenvalue weighted by molar-refractivity contribution is 5.98. The van der Waals surface area contributed by atoms with Gasteiger partial charge in [-0.05, 0) is 48.6 Å². The molecule has 3 atom stereocenters. The summed E-state index contributed by atoms with van der Waals surface area (Å²) in [7, 11) is 0. The van der Waals surface area contributed by atoms with Crippen LogP contribution in [0.2, 0.25) is 0 Å². The Morgan fingerprint density at radius 2 is 1.77 bits per heavy atom. The normalized spacial score (nSPS) is 17.7. The molecule has 1 fully saturated rings. The van der Waals surface area contributed by atoms with Crippen molar-refractivity contribution in [2.45, 2.75) is 44.5 Å². The van der Waals surface area contributed by atoms with E-state index in [0.717, 1.165) is 43.7 Å². The summed E-state index contributed by atoms with van der Waals surface area (Å²) in [6.45, 7) is 4.10. The lowest BCUT2D eigenvalue weighted by atomic mass is 10.0. The van der Waals surface area contributed by atoms with E-state index >= 15 is 0 Å². The maximum Gasteiger partial charge on any atom is 0.267 e. The molecule has 2 aromatic carbocycles. The van der Waals surface area contributed by atoms with E-state index in [-0.39, 0.29) is 0 Å². The number of benzene rings is 2. The predicted octanol–water partition coefficient (Wildman–Crippen LogP) is 1.57. The van der Waals surface area contributed by atoms with Gasteiger partial charge in [-0.25, -0.2) is 5.48 Å². The molecular weight excluding hydrogens is 396 g/mol. The Kier molecular flexibility index (Phi) is 8.13. The van der Waals surface area contributed by atoms with Gasteiger partial charge >= 0.3 is 0 Å². The zero-order chi connectivity index (χ0) is 22.2. The molecule has 8 nitrogen and oxygen atoms in total. The zero-order valence-electron chi connectivity index (χ0n) is 17.6. The molecule has 1 aliphatic heterocycles. The van der Waals surface area contributed by atoms with Crippen LogP contribution in [-0.4, -0.2) is 48.4 Å². The molecule has 1 heterocycles. The van der Waals surface area contributed by atoms with Crippen molar-refractivity contribution in [3.05, 3.63) is 59.7 Å². The van der Waals surface area contributed by atoms with Crippen LogP contribution in [0.3, 0.4) is 0 Å². The highest BCUT2D eigenvalue weighted by atomic mass is 16.5.